The summed E-state index contributed by atoms with van der Waals surface area (Å²) in [6, 6.07) is 0. The third kappa shape index (κ3) is 4.34. The molecule has 0 spiro atoms. The highest BCUT2D eigenvalue weighted by Crippen LogP contribution is 2.11. The summed E-state index contributed by atoms with van der Waals surface area (Å²) in [7, 11) is 0. The van der Waals surface area contributed by atoms with E-state index in [1.54, 1.807) is 6.08 Å². The molecular weight excluding hydrogens is 170 g/mol. The van der Waals surface area contributed by atoms with Crippen molar-refractivity contribution in [1.82, 2.24) is 0 Å². The summed E-state index contributed by atoms with van der Waals surface area (Å²) in [5, 5.41) is 0. The van der Waals surface area contributed by atoms with Crippen molar-refractivity contribution in [2.24, 2.45) is 5.73 Å². The minimum atomic E-state index is 0.910. The number of hydrogen-bond acceptors (Lipinski definition) is 1. The Morgan fingerprint density at radius 1 is 1.36 bits per heavy atom. The second-order valence-corrected chi connectivity index (χ2v) is 2.85. The van der Waals surface area contributed by atoms with E-state index >= 15 is 0 Å². The molecule has 0 aromatic carbocycles. The smallest absolute Gasteiger partial charge is 0.0378 e. The maximum atomic E-state index is 5.31. The number of allylic oxidation sites excluding steroid dienone is 7. The van der Waals surface area contributed by atoms with Gasteiger partial charge in [-0.3, -0.25) is 0 Å². The molecule has 0 aliphatic rings. The normalized spacial score (nSPS) is 10.9. The molecule has 1 heteroatoms. The molecule has 0 heterocycles. The van der Waals surface area contributed by atoms with Crippen LogP contribution in [0.15, 0.2) is 66.1 Å². The van der Waals surface area contributed by atoms with Crippen molar-refractivity contribution in [3.8, 4) is 0 Å². The van der Waals surface area contributed by atoms with Crippen LogP contribution in [0.3, 0.4) is 0 Å². The summed E-state index contributed by atoms with van der Waals surface area (Å²) in [5.74, 6) is 0. The molecule has 0 saturated carbocycles. The molecule has 0 atom stereocenters. The van der Waals surface area contributed by atoms with Gasteiger partial charge in [0.15, 0.2) is 0 Å². The monoisotopic (exact) mass is 187 g/mol. The first kappa shape index (κ1) is 12.3. The van der Waals surface area contributed by atoms with Crippen LogP contribution in [-0.2, 0) is 0 Å². The highest BCUT2D eigenvalue weighted by atomic mass is 14.5. The minimum absolute atomic E-state index is 0.910. The van der Waals surface area contributed by atoms with Crippen LogP contribution in [0.25, 0.3) is 0 Å². The fourth-order valence-electron chi connectivity index (χ4n) is 0.926. The molecule has 0 fully saturated rings. The highest BCUT2D eigenvalue weighted by Gasteiger charge is 1.94. The summed E-state index contributed by atoms with van der Waals surface area (Å²) in [5.41, 5.74) is 11.2. The van der Waals surface area contributed by atoms with Crippen molar-refractivity contribution >= 4 is 0 Å². The molecule has 0 aliphatic carbocycles. The Morgan fingerprint density at radius 2 is 2.00 bits per heavy atom. The molecule has 1 nitrogen and oxygen atoms in total. The minimum Gasteiger partial charge on any atom is -0.398 e. The molecule has 0 aromatic rings. The van der Waals surface area contributed by atoms with Crippen molar-refractivity contribution in [3.63, 3.8) is 0 Å². The molecule has 0 bridgehead atoms. The standard InChI is InChI=1S/C13H17N/c1-5-12(6-2)13(9-10-14)8-7-11(3)4/h5-8,10H,1,3,14H2,2,4H3/b8-7-,12-6+. The second kappa shape index (κ2) is 6.76. The van der Waals surface area contributed by atoms with Crippen LogP contribution >= 0.6 is 0 Å². The Hall–Kier alpha value is -1.72. The van der Waals surface area contributed by atoms with E-state index in [0.717, 1.165) is 16.7 Å². The van der Waals surface area contributed by atoms with Gasteiger partial charge in [0.1, 0.15) is 0 Å². The van der Waals surface area contributed by atoms with Crippen molar-refractivity contribution in [3.05, 3.63) is 66.1 Å². The van der Waals surface area contributed by atoms with Gasteiger partial charge in [-0.1, -0.05) is 42.7 Å². The topological polar surface area (TPSA) is 26.0 Å². The van der Waals surface area contributed by atoms with E-state index in [1.807, 2.05) is 32.1 Å². The second-order valence-electron chi connectivity index (χ2n) is 2.85. The lowest BCUT2D eigenvalue weighted by atomic mass is 10.1. The Morgan fingerprint density at radius 3 is 2.36 bits per heavy atom. The predicted octanol–water partition coefficient (Wildman–Crippen LogP) is 3.25. The van der Waals surface area contributed by atoms with Crippen molar-refractivity contribution in [1.29, 1.82) is 0 Å². The van der Waals surface area contributed by atoms with Crippen LogP contribution < -0.4 is 5.73 Å². The molecule has 0 unspecified atom stereocenters. The largest absolute Gasteiger partial charge is 0.398 e. The van der Waals surface area contributed by atoms with Gasteiger partial charge >= 0.3 is 0 Å². The van der Waals surface area contributed by atoms with E-state index in [0.29, 0.717) is 0 Å². The molecule has 2 N–H and O–H groups in total. The molecular formula is C13H17N. The molecule has 0 aliphatic heterocycles. The van der Waals surface area contributed by atoms with Gasteiger partial charge in [-0.2, -0.15) is 0 Å². The average molecular weight is 187 g/mol. The number of rotatable bonds is 4. The first-order valence-electron chi connectivity index (χ1n) is 4.45. The molecule has 0 saturated heterocycles. The van der Waals surface area contributed by atoms with Gasteiger partial charge < -0.3 is 5.73 Å². The molecule has 14 heavy (non-hydrogen) atoms. The van der Waals surface area contributed by atoms with Crippen LogP contribution in [0.5, 0.6) is 0 Å². The lowest BCUT2D eigenvalue weighted by Crippen LogP contribution is -1.82. The SMILES string of the molecule is C=C/C(=C\C)C(=C=CN)/C=C\C(=C)C. The predicted molar refractivity (Wildman–Crippen MR) is 63.7 cm³/mol. The van der Waals surface area contributed by atoms with Crippen LogP contribution in [0, 0.1) is 0 Å². The number of nitrogens with two attached hydrogens (primary N) is 1. The van der Waals surface area contributed by atoms with Gasteiger partial charge in [-0.25, -0.2) is 0 Å². The summed E-state index contributed by atoms with van der Waals surface area (Å²) < 4.78 is 0. The Kier molecular flexibility index (Phi) is 5.93. The fraction of sp³-hybridized carbons (Fsp3) is 0.154. The zero-order chi connectivity index (χ0) is 11.0. The van der Waals surface area contributed by atoms with Gasteiger partial charge in [0.05, 0.1) is 0 Å². The summed E-state index contributed by atoms with van der Waals surface area (Å²) in [6.45, 7) is 11.4. The summed E-state index contributed by atoms with van der Waals surface area (Å²) >= 11 is 0. The van der Waals surface area contributed by atoms with Gasteiger partial charge in [0, 0.05) is 11.8 Å². The third-order valence-corrected chi connectivity index (χ3v) is 1.62. The average Bonchev–Trinajstić information content (AvgIpc) is 2.15. The maximum Gasteiger partial charge on any atom is 0.0378 e. The van der Waals surface area contributed by atoms with E-state index in [-0.39, 0.29) is 0 Å². The van der Waals surface area contributed by atoms with E-state index in [9.17, 15) is 0 Å². The highest BCUT2D eigenvalue weighted by molar-refractivity contribution is 5.46. The zero-order valence-electron chi connectivity index (χ0n) is 8.88. The van der Waals surface area contributed by atoms with E-state index in [2.05, 4.69) is 18.9 Å². The van der Waals surface area contributed by atoms with Crippen molar-refractivity contribution in [2.45, 2.75) is 13.8 Å². The molecule has 0 radical (unpaired) electrons. The first-order chi connectivity index (χ1) is 6.65. The van der Waals surface area contributed by atoms with Crippen LogP contribution in [0.2, 0.25) is 0 Å². The lowest BCUT2D eigenvalue weighted by molar-refractivity contribution is 1.47. The van der Waals surface area contributed by atoms with E-state index in [1.165, 1.54) is 6.20 Å². The van der Waals surface area contributed by atoms with Gasteiger partial charge in [0.2, 0.25) is 0 Å². The number of hydrogen-bond donors (Lipinski definition) is 1. The zero-order valence-corrected chi connectivity index (χ0v) is 8.88. The van der Waals surface area contributed by atoms with Gasteiger partial charge in [-0.05, 0) is 25.5 Å². The Labute approximate surface area is 86.3 Å². The molecule has 0 aromatic heterocycles. The lowest BCUT2D eigenvalue weighted by Gasteiger charge is -1.98. The maximum absolute atomic E-state index is 5.31. The quantitative estimate of drug-likeness (QED) is 0.530. The van der Waals surface area contributed by atoms with Crippen LogP contribution in [0.4, 0.5) is 0 Å². The van der Waals surface area contributed by atoms with Crippen molar-refractivity contribution in [2.75, 3.05) is 0 Å². The van der Waals surface area contributed by atoms with Crippen molar-refractivity contribution < 1.29 is 0 Å². The Balaban J connectivity index is 5.09. The summed E-state index contributed by atoms with van der Waals surface area (Å²) in [6.07, 6.45) is 8.96. The molecule has 74 valence electrons. The molecule has 0 rings (SSSR count). The Bertz CT molecular complexity index is 334. The van der Waals surface area contributed by atoms with Crippen LogP contribution in [0.1, 0.15) is 13.8 Å². The van der Waals surface area contributed by atoms with Gasteiger partial charge in [0.25, 0.3) is 0 Å². The van der Waals surface area contributed by atoms with E-state index < -0.39 is 0 Å². The molecule has 0 amide bonds. The van der Waals surface area contributed by atoms with E-state index in [4.69, 9.17) is 5.73 Å². The van der Waals surface area contributed by atoms with Crippen LogP contribution in [-0.4, -0.2) is 0 Å². The summed E-state index contributed by atoms with van der Waals surface area (Å²) in [4.78, 5) is 0. The first-order valence-corrected chi connectivity index (χ1v) is 4.45. The van der Waals surface area contributed by atoms with Gasteiger partial charge in [-0.15, -0.1) is 0 Å². The third-order valence-electron chi connectivity index (χ3n) is 1.62. The fourth-order valence-corrected chi connectivity index (χ4v) is 0.926.